The molecule has 0 bridgehead atoms. The Bertz CT molecular complexity index is 1660. The van der Waals surface area contributed by atoms with Crippen molar-refractivity contribution in [2.45, 2.75) is 226 Å². The molecule has 0 N–H and O–H groups in total. The number of hydrogen-bond donors (Lipinski definition) is 0. The van der Waals surface area contributed by atoms with Gasteiger partial charge in [-0.25, -0.2) is 0 Å². The minimum Gasteiger partial charge on any atom is -0.462 e. The van der Waals surface area contributed by atoms with Gasteiger partial charge in [0.2, 0.25) is 0 Å². The summed E-state index contributed by atoms with van der Waals surface area (Å²) in [5.41, 5.74) is 0. The Kier molecular flexibility index (Phi) is 54.6. The molecule has 0 aromatic rings. The molecule has 0 spiro atoms. The van der Waals surface area contributed by atoms with Crippen LogP contribution in [-0.4, -0.2) is 37.2 Å². The maximum absolute atomic E-state index is 12.9. The maximum atomic E-state index is 12.9. The summed E-state index contributed by atoms with van der Waals surface area (Å²) in [7, 11) is 0. The van der Waals surface area contributed by atoms with Gasteiger partial charge in [0.05, 0.1) is 0 Å². The molecule has 1 atom stereocenters. The molecule has 0 aliphatic carbocycles. The van der Waals surface area contributed by atoms with Crippen molar-refractivity contribution in [3.63, 3.8) is 0 Å². The van der Waals surface area contributed by atoms with E-state index >= 15 is 0 Å². The fourth-order valence-electron chi connectivity index (χ4n) is 7.08. The number of hydrogen-bond acceptors (Lipinski definition) is 6. The first-order valence-electron chi connectivity index (χ1n) is 28.5. The Hall–Kier alpha value is -4.97. The van der Waals surface area contributed by atoms with Gasteiger partial charge < -0.3 is 14.2 Å². The number of carbonyl (C=O) groups excluding carboxylic acids is 3. The first-order chi connectivity index (χ1) is 35.5. The average Bonchev–Trinajstić information content (AvgIpc) is 3.38. The normalized spacial score (nSPS) is 13.3. The third-order valence-corrected chi connectivity index (χ3v) is 11.3. The summed E-state index contributed by atoms with van der Waals surface area (Å²) in [5, 5.41) is 0. The van der Waals surface area contributed by atoms with Crippen LogP contribution in [0.25, 0.3) is 0 Å². The number of ether oxygens (including phenoxy) is 3. The molecule has 402 valence electrons. The topological polar surface area (TPSA) is 78.9 Å². The second-order valence-electron chi connectivity index (χ2n) is 18.2. The van der Waals surface area contributed by atoms with E-state index in [0.717, 1.165) is 96.3 Å². The van der Waals surface area contributed by atoms with Crippen molar-refractivity contribution in [2.24, 2.45) is 0 Å². The van der Waals surface area contributed by atoms with E-state index in [1.54, 1.807) is 0 Å². The van der Waals surface area contributed by atoms with Gasteiger partial charge in [-0.1, -0.05) is 243 Å². The van der Waals surface area contributed by atoms with E-state index in [1.807, 2.05) is 12.2 Å². The van der Waals surface area contributed by atoms with Gasteiger partial charge in [-0.05, 0) is 116 Å². The van der Waals surface area contributed by atoms with E-state index in [9.17, 15) is 14.4 Å². The summed E-state index contributed by atoms with van der Waals surface area (Å²) < 4.78 is 16.7. The zero-order chi connectivity index (χ0) is 52.2. The molecule has 72 heavy (non-hydrogen) atoms. The second kappa shape index (κ2) is 58.6. The Morgan fingerprint density at radius 3 is 1.12 bits per heavy atom. The van der Waals surface area contributed by atoms with E-state index in [2.05, 4.69) is 167 Å². The van der Waals surface area contributed by atoms with Gasteiger partial charge in [0, 0.05) is 19.3 Å². The first-order valence-corrected chi connectivity index (χ1v) is 28.5. The van der Waals surface area contributed by atoms with Crippen molar-refractivity contribution in [3.05, 3.63) is 158 Å². The summed E-state index contributed by atoms with van der Waals surface area (Å²) in [6, 6.07) is 0. The largest absolute Gasteiger partial charge is 0.462 e. The van der Waals surface area contributed by atoms with Crippen LogP contribution < -0.4 is 0 Å². The van der Waals surface area contributed by atoms with Crippen LogP contribution in [0.5, 0.6) is 0 Å². The van der Waals surface area contributed by atoms with Crippen molar-refractivity contribution in [1.82, 2.24) is 0 Å². The molecule has 0 radical (unpaired) electrons. The molecule has 6 heteroatoms. The van der Waals surface area contributed by atoms with E-state index in [1.165, 1.54) is 64.2 Å². The molecular formula is C66H102O6. The van der Waals surface area contributed by atoms with Crippen LogP contribution in [0.15, 0.2) is 158 Å². The van der Waals surface area contributed by atoms with Gasteiger partial charge in [0.1, 0.15) is 13.2 Å². The molecule has 0 fully saturated rings. The molecule has 0 rings (SSSR count). The highest BCUT2D eigenvalue weighted by Crippen LogP contribution is 2.12. The average molecular weight is 992 g/mol. The van der Waals surface area contributed by atoms with Gasteiger partial charge in [-0.2, -0.15) is 0 Å². The second-order valence-corrected chi connectivity index (χ2v) is 18.2. The highest BCUT2D eigenvalue weighted by Gasteiger charge is 2.19. The Balaban J connectivity index is 4.66. The summed E-state index contributed by atoms with van der Waals surface area (Å²) in [4.78, 5) is 38.1. The predicted molar refractivity (Wildman–Crippen MR) is 311 cm³/mol. The van der Waals surface area contributed by atoms with Crippen molar-refractivity contribution in [2.75, 3.05) is 13.2 Å². The lowest BCUT2D eigenvalue weighted by Crippen LogP contribution is -2.30. The van der Waals surface area contributed by atoms with Gasteiger partial charge in [-0.15, -0.1) is 0 Å². The maximum Gasteiger partial charge on any atom is 0.306 e. The molecule has 0 aliphatic heterocycles. The Morgan fingerprint density at radius 1 is 0.306 bits per heavy atom. The fourth-order valence-corrected chi connectivity index (χ4v) is 7.08. The highest BCUT2D eigenvalue weighted by molar-refractivity contribution is 5.71. The summed E-state index contributed by atoms with van der Waals surface area (Å²) in [6.45, 7) is 6.33. The highest BCUT2D eigenvalue weighted by atomic mass is 16.6. The molecule has 0 saturated heterocycles. The van der Waals surface area contributed by atoms with Crippen LogP contribution in [0.2, 0.25) is 0 Å². The minimum absolute atomic E-state index is 0.145. The van der Waals surface area contributed by atoms with Gasteiger partial charge in [-0.3, -0.25) is 14.4 Å². The molecule has 0 heterocycles. The molecule has 1 unspecified atom stereocenters. The van der Waals surface area contributed by atoms with E-state index < -0.39 is 6.10 Å². The van der Waals surface area contributed by atoms with E-state index in [0.29, 0.717) is 19.3 Å². The summed E-state index contributed by atoms with van der Waals surface area (Å²) in [5.74, 6) is -1.11. The zero-order valence-electron chi connectivity index (χ0n) is 45.9. The standard InChI is InChI=1S/C66H102O6/c1-4-7-10-13-16-19-22-25-28-31-33-36-38-41-44-47-50-53-56-59-65(68)71-62-63(61-70-64(67)58-55-52-49-46-43-40-37-34-30-27-24-21-18-15-12-9-6-3)72-66(69)60-57-54-51-48-45-42-39-35-32-29-26-23-20-17-14-11-8-5-2/h7,10,16-17,19-20,23,25-30,32-33,35-37,39-41,44,46,49-50,53,63H,4-6,8-9,11-15,18,21-22,24,31,34,38,42-43,45,47-48,51-52,54-62H2,1-3H3/b10-7-,19-16-,20-17-,26-23-,28-25-,30-27-,32-29-,36-33-,39-35-,40-37-,44-41-,49-46-,53-50-. The monoisotopic (exact) mass is 991 g/mol. The fraction of sp³-hybridized carbons (Fsp3) is 0.561. The van der Waals surface area contributed by atoms with Crippen LogP contribution in [0, 0.1) is 0 Å². The van der Waals surface area contributed by atoms with Crippen LogP contribution >= 0.6 is 0 Å². The lowest BCUT2D eigenvalue weighted by Gasteiger charge is -2.18. The van der Waals surface area contributed by atoms with Crippen LogP contribution in [0.4, 0.5) is 0 Å². The molecule has 0 aromatic heterocycles. The third-order valence-electron chi connectivity index (χ3n) is 11.3. The van der Waals surface area contributed by atoms with Gasteiger partial charge in [0.15, 0.2) is 6.10 Å². The molecule has 0 amide bonds. The van der Waals surface area contributed by atoms with Gasteiger partial charge in [0.25, 0.3) is 0 Å². The van der Waals surface area contributed by atoms with Crippen molar-refractivity contribution in [1.29, 1.82) is 0 Å². The van der Waals surface area contributed by atoms with Crippen LogP contribution in [0.1, 0.15) is 220 Å². The summed E-state index contributed by atoms with van der Waals surface area (Å²) in [6.07, 6.45) is 85.3. The molecule has 0 saturated carbocycles. The number of allylic oxidation sites excluding steroid dienone is 26. The van der Waals surface area contributed by atoms with Crippen LogP contribution in [-0.2, 0) is 28.6 Å². The zero-order valence-corrected chi connectivity index (χ0v) is 45.9. The van der Waals surface area contributed by atoms with E-state index in [4.69, 9.17) is 14.2 Å². The lowest BCUT2D eigenvalue weighted by molar-refractivity contribution is -0.166. The summed E-state index contributed by atoms with van der Waals surface area (Å²) >= 11 is 0. The van der Waals surface area contributed by atoms with Crippen LogP contribution in [0.3, 0.4) is 0 Å². The molecule has 6 nitrogen and oxygen atoms in total. The lowest BCUT2D eigenvalue weighted by atomic mass is 10.1. The SMILES string of the molecule is CC/C=C\C/C=C\C/C=C\C/C=C\C/C=C\C/C=C\CCC(=O)OCC(COC(=O)CCC/C=C\C/C=C\C/C=C\CCCCCCCC)OC(=O)CCCCCCC\C=C/C=C\C=C/C=C\CCCCC. The quantitative estimate of drug-likeness (QED) is 0.0199. The number of rotatable bonds is 49. The number of unbranched alkanes of at least 4 members (excludes halogenated alkanes) is 15. The van der Waals surface area contributed by atoms with E-state index in [-0.39, 0.29) is 50.4 Å². The number of esters is 3. The minimum atomic E-state index is -0.850. The third kappa shape index (κ3) is 56.0. The predicted octanol–water partition coefficient (Wildman–Crippen LogP) is 19.4. The van der Waals surface area contributed by atoms with Crippen molar-refractivity contribution >= 4 is 17.9 Å². The van der Waals surface area contributed by atoms with Crippen molar-refractivity contribution < 1.29 is 28.6 Å². The Morgan fingerprint density at radius 2 is 0.639 bits per heavy atom. The number of carbonyl (C=O) groups is 3. The smallest absolute Gasteiger partial charge is 0.306 e. The molecular weight excluding hydrogens is 889 g/mol. The first kappa shape index (κ1) is 67.0. The molecule has 0 aliphatic rings. The molecule has 0 aromatic carbocycles. The Labute approximate surface area is 441 Å². The van der Waals surface area contributed by atoms with Crippen molar-refractivity contribution in [3.8, 4) is 0 Å². The van der Waals surface area contributed by atoms with Gasteiger partial charge >= 0.3 is 17.9 Å².